The summed E-state index contributed by atoms with van der Waals surface area (Å²) in [5, 5.41) is 0. The molecule has 5 nitrogen and oxygen atoms in total. The maximum Gasteiger partial charge on any atom is 0.256 e. The first-order chi connectivity index (χ1) is 12.4. The van der Waals surface area contributed by atoms with E-state index in [4.69, 9.17) is 4.74 Å². The van der Waals surface area contributed by atoms with Crippen LogP contribution in [0.5, 0.6) is 0 Å². The molecule has 5 heteroatoms. The lowest BCUT2D eigenvalue weighted by atomic mass is 10.1. The van der Waals surface area contributed by atoms with Crippen LogP contribution in [0.15, 0.2) is 24.3 Å². The van der Waals surface area contributed by atoms with E-state index in [2.05, 4.69) is 10.9 Å². The van der Waals surface area contributed by atoms with Crippen LogP contribution in [0, 0.1) is 0 Å². The Morgan fingerprint density at radius 1 is 1.00 bits per heavy atom. The highest BCUT2D eigenvalue weighted by Gasteiger charge is 2.35. The summed E-state index contributed by atoms with van der Waals surface area (Å²) in [6, 6.07) is 8.63. The van der Waals surface area contributed by atoms with E-state index >= 15 is 0 Å². The molecular weight excluding hydrogens is 326 g/mol. The van der Waals surface area contributed by atoms with Gasteiger partial charge in [0.1, 0.15) is 6.10 Å². The zero-order valence-corrected chi connectivity index (χ0v) is 16.4. The number of hydrogen-bond donors (Lipinski definition) is 2. The number of rotatable bonds is 5. The minimum absolute atomic E-state index is 0.0669. The second-order valence-corrected chi connectivity index (χ2v) is 8.50. The molecule has 1 heterocycles. The van der Waals surface area contributed by atoms with Crippen LogP contribution in [0.3, 0.4) is 0 Å². The third-order valence-electron chi connectivity index (χ3n) is 5.11. The zero-order valence-electron chi connectivity index (χ0n) is 16.4. The van der Waals surface area contributed by atoms with Crippen molar-refractivity contribution >= 4 is 17.3 Å². The van der Waals surface area contributed by atoms with Gasteiger partial charge in [-0.1, -0.05) is 25.7 Å². The van der Waals surface area contributed by atoms with Gasteiger partial charge < -0.3 is 15.1 Å². The molecule has 1 aliphatic heterocycles. The summed E-state index contributed by atoms with van der Waals surface area (Å²) >= 11 is 0. The number of hydrazine groups is 1. The molecule has 2 N–H and O–H groups in total. The van der Waals surface area contributed by atoms with E-state index in [0.29, 0.717) is 12.6 Å². The van der Waals surface area contributed by atoms with Crippen LogP contribution in [-0.2, 0) is 9.53 Å². The van der Waals surface area contributed by atoms with Gasteiger partial charge in [0.15, 0.2) is 0 Å². The SMILES string of the molecule is CC(C)(C)OC1CCN(c2ccc(NNC3CCCCCC3)cc2)C1=O. The Morgan fingerprint density at radius 2 is 1.65 bits per heavy atom. The summed E-state index contributed by atoms with van der Waals surface area (Å²) in [7, 11) is 0. The number of amides is 1. The van der Waals surface area contributed by atoms with E-state index in [1.165, 1.54) is 38.5 Å². The van der Waals surface area contributed by atoms with Crippen LogP contribution >= 0.6 is 0 Å². The molecule has 2 aliphatic rings. The van der Waals surface area contributed by atoms with Crippen LogP contribution in [0.4, 0.5) is 11.4 Å². The predicted octanol–water partition coefficient (Wildman–Crippen LogP) is 4.25. The van der Waals surface area contributed by atoms with Crippen LogP contribution in [-0.4, -0.2) is 30.2 Å². The molecule has 2 fully saturated rings. The molecule has 3 rings (SSSR count). The number of hydrogen-bond acceptors (Lipinski definition) is 4. The summed E-state index contributed by atoms with van der Waals surface area (Å²) in [6.07, 6.45) is 8.24. The Hall–Kier alpha value is -1.59. The number of nitrogens with zero attached hydrogens (tertiary/aromatic N) is 1. The fourth-order valence-electron chi connectivity index (χ4n) is 3.78. The van der Waals surface area contributed by atoms with Crippen molar-refractivity contribution in [3.63, 3.8) is 0 Å². The van der Waals surface area contributed by atoms with E-state index in [9.17, 15) is 4.79 Å². The van der Waals surface area contributed by atoms with Gasteiger partial charge in [-0.25, -0.2) is 5.43 Å². The molecule has 1 aliphatic carbocycles. The highest BCUT2D eigenvalue weighted by atomic mass is 16.5. The second kappa shape index (κ2) is 8.40. The average Bonchev–Trinajstić information content (AvgIpc) is 2.80. The first kappa shape index (κ1) is 19.2. The predicted molar refractivity (Wildman–Crippen MR) is 106 cm³/mol. The van der Waals surface area contributed by atoms with Gasteiger partial charge in [0.05, 0.1) is 5.60 Å². The summed E-state index contributed by atoms with van der Waals surface area (Å²) < 4.78 is 5.89. The van der Waals surface area contributed by atoms with Crippen LogP contribution in [0.1, 0.15) is 65.7 Å². The van der Waals surface area contributed by atoms with Crippen molar-refractivity contribution in [1.82, 2.24) is 5.43 Å². The summed E-state index contributed by atoms with van der Waals surface area (Å²) in [4.78, 5) is 14.4. The molecule has 1 aromatic carbocycles. The topological polar surface area (TPSA) is 53.6 Å². The molecule has 0 radical (unpaired) electrons. The number of benzene rings is 1. The number of anilines is 2. The third kappa shape index (κ3) is 5.21. The normalized spacial score (nSPS) is 22.5. The van der Waals surface area contributed by atoms with Gasteiger partial charge in [0.2, 0.25) is 0 Å². The highest BCUT2D eigenvalue weighted by molar-refractivity contribution is 5.98. The lowest BCUT2D eigenvalue weighted by Gasteiger charge is -2.24. The van der Waals surface area contributed by atoms with Crippen molar-refractivity contribution in [2.24, 2.45) is 0 Å². The van der Waals surface area contributed by atoms with E-state index in [-0.39, 0.29) is 17.6 Å². The van der Waals surface area contributed by atoms with Gasteiger partial charge in [-0.15, -0.1) is 0 Å². The summed E-state index contributed by atoms with van der Waals surface area (Å²) in [6.45, 7) is 6.69. The fraction of sp³-hybridized carbons (Fsp3) is 0.667. The maximum atomic E-state index is 12.6. The van der Waals surface area contributed by atoms with Gasteiger partial charge in [-0.2, -0.15) is 0 Å². The quantitative estimate of drug-likeness (QED) is 0.610. The molecule has 26 heavy (non-hydrogen) atoms. The van der Waals surface area contributed by atoms with Crippen molar-refractivity contribution in [3.8, 4) is 0 Å². The zero-order chi connectivity index (χ0) is 18.6. The van der Waals surface area contributed by atoms with Gasteiger partial charge >= 0.3 is 0 Å². The van der Waals surface area contributed by atoms with Crippen molar-refractivity contribution in [1.29, 1.82) is 0 Å². The Balaban J connectivity index is 1.53. The number of carbonyl (C=O) groups excluding carboxylic acids is 1. The Morgan fingerprint density at radius 3 is 2.27 bits per heavy atom. The average molecular weight is 360 g/mol. The summed E-state index contributed by atoms with van der Waals surface area (Å²) in [5.41, 5.74) is 8.47. The maximum absolute atomic E-state index is 12.6. The monoisotopic (exact) mass is 359 g/mol. The minimum atomic E-state index is -0.329. The fourth-order valence-corrected chi connectivity index (χ4v) is 3.78. The van der Waals surface area contributed by atoms with E-state index in [0.717, 1.165) is 17.8 Å². The molecule has 144 valence electrons. The molecule has 0 spiro atoms. The van der Waals surface area contributed by atoms with Crippen molar-refractivity contribution in [2.75, 3.05) is 16.9 Å². The molecule has 1 aromatic rings. The van der Waals surface area contributed by atoms with Crippen LogP contribution in [0.25, 0.3) is 0 Å². The molecule has 1 saturated carbocycles. The van der Waals surface area contributed by atoms with Crippen molar-refractivity contribution < 1.29 is 9.53 Å². The van der Waals surface area contributed by atoms with Gasteiger partial charge in [-0.05, 0) is 57.9 Å². The van der Waals surface area contributed by atoms with Crippen molar-refractivity contribution in [3.05, 3.63) is 24.3 Å². The van der Waals surface area contributed by atoms with Gasteiger partial charge in [-0.3, -0.25) is 4.79 Å². The van der Waals surface area contributed by atoms with Crippen LogP contribution < -0.4 is 15.8 Å². The molecule has 1 amide bonds. The summed E-state index contributed by atoms with van der Waals surface area (Å²) in [5.74, 6) is 0.0669. The lowest BCUT2D eigenvalue weighted by molar-refractivity contribution is -0.135. The second-order valence-electron chi connectivity index (χ2n) is 8.50. The van der Waals surface area contributed by atoms with Gasteiger partial charge in [0.25, 0.3) is 5.91 Å². The van der Waals surface area contributed by atoms with E-state index < -0.39 is 0 Å². The van der Waals surface area contributed by atoms with Crippen LogP contribution in [0.2, 0.25) is 0 Å². The smallest absolute Gasteiger partial charge is 0.256 e. The molecule has 0 bridgehead atoms. The lowest BCUT2D eigenvalue weighted by Crippen LogP contribution is -2.35. The van der Waals surface area contributed by atoms with Gasteiger partial charge in [0, 0.05) is 30.4 Å². The standard InChI is InChI=1S/C21H33N3O2/c1-21(2,3)26-19-14-15-24(20(19)25)18-12-10-17(11-13-18)23-22-16-8-6-4-5-7-9-16/h10-13,16,19,22-23H,4-9,14-15H2,1-3H3. The molecule has 1 atom stereocenters. The van der Waals surface area contributed by atoms with E-state index in [1.54, 1.807) is 0 Å². The third-order valence-corrected chi connectivity index (χ3v) is 5.11. The van der Waals surface area contributed by atoms with Crippen molar-refractivity contribution in [2.45, 2.75) is 83.5 Å². The largest absolute Gasteiger partial charge is 0.363 e. The number of nitrogens with one attached hydrogen (secondary N) is 2. The first-order valence-electron chi connectivity index (χ1n) is 10.0. The Bertz CT molecular complexity index is 586. The highest BCUT2D eigenvalue weighted by Crippen LogP contribution is 2.27. The Labute approximate surface area is 157 Å². The number of ether oxygens (including phenoxy) is 1. The minimum Gasteiger partial charge on any atom is -0.363 e. The Kier molecular flexibility index (Phi) is 6.20. The first-order valence-corrected chi connectivity index (χ1v) is 10.0. The van der Waals surface area contributed by atoms with E-state index in [1.807, 2.05) is 49.9 Å². The molecule has 1 unspecified atom stereocenters. The number of carbonyl (C=O) groups is 1. The molecular formula is C21H33N3O2. The molecule has 1 saturated heterocycles. The molecule has 0 aromatic heterocycles.